The van der Waals surface area contributed by atoms with Gasteiger partial charge in [0.2, 0.25) is 0 Å². The monoisotopic (exact) mass is 234 g/mol. The van der Waals surface area contributed by atoms with Crippen LogP contribution in [-0.4, -0.2) is 18.3 Å². The van der Waals surface area contributed by atoms with Crippen LogP contribution in [0.1, 0.15) is 19.3 Å². The molecule has 0 rings (SSSR count). The van der Waals surface area contributed by atoms with Gasteiger partial charge in [-0.3, -0.25) is 4.74 Å². The lowest BCUT2D eigenvalue weighted by atomic mass is 10.3. The van der Waals surface area contributed by atoms with Crippen LogP contribution < -0.4 is 0 Å². The summed E-state index contributed by atoms with van der Waals surface area (Å²) in [7, 11) is 0. The van der Waals surface area contributed by atoms with E-state index in [0.29, 0.717) is 6.42 Å². The maximum atomic E-state index is 11.3. The summed E-state index contributed by atoms with van der Waals surface area (Å²) in [5.41, 5.74) is 0. The normalized spacial score (nSPS) is 12.0. The number of hydrogen-bond acceptors (Lipinski definition) is 1. The van der Waals surface area contributed by atoms with Crippen molar-refractivity contribution in [3.8, 4) is 0 Å². The second kappa shape index (κ2) is 5.83. The van der Waals surface area contributed by atoms with Gasteiger partial charge in [0.1, 0.15) is 0 Å². The predicted octanol–water partition coefficient (Wildman–Crippen LogP) is 3.09. The van der Waals surface area contributed by atoms with Gasteiger partial charge in [-0.25, -0.2) is 0 Å². The molecule has 0 saturated carbocycles. The van der Waals surface area contributed by atoms with Crippen LogP contribution in [0.3, 0.4) is 0 Å². The molecule has 0 aromatic heterocycles. The molecule has 0 aliphatic rings. The van der Waals surface area contributed by atoms with E-state index in [1.807, 2.05) is 0 Å². The lowest BCUT2D eigenvalue weighted by Gasteiger charge is -2.05. The molecule has 0 bridgehead atoms. The summed E-state index contributed by atoms with van der Waals surface area (Å²) in [5.74, 6) is 0. The van der Waals surface area contributed by atoms with Gasteiger partial charge >= 0.3 is 6.36 Å². The van der Waals surface area contributed by atoms with E-state index in [1.165, 1.54) is 0 Å². The zero-order valence-corrected chi connectivity index (χ0v) is 7.54. The van der Waals surface area contributed by atoms with Crippen molar-refractivity contribution in [3.05, 3.63) is 0 Å². The van der Waals surface area contributed by atoms with Crippen molar-refractivity contribution in [2.45, 2.75) is 25.6 Å². The molecule has 11 heavy (non-hydrogen) atoms. The van der Waals surface area contributed by atoms with Crippen molar-refractivity contribution in [2.24, 2.45) is 0 Å². The van der Waals surface area contributed by atoms with Crippen molar-refractivity contribution in [1.82, 2.24) is 0 Å². The Hall–Kier alpha value is 0.230. The average molecular weight is 235 g/mol. The quantitative estimate of drug-likeness (QED) is 0.525. The summed E-state index contributed by atoms with van der Waals surface area (Å²) < 4.78 is 37.6. The Labute approximate surface area is 72.0 Å². The summed E-state index contributed by atoms with van der Waals surface area (Å²) in [6, 6.07) is 0. The fourth-order valence-corrected chi connectivity index (χ4v) is 0.958. The standard InChI is InChI=1S/C6H10BrF3O/c7-4-2-1-3-5-11-6(8,9)10/h1-5H2. The van der Waals surface area contributed by atoms with Gasteiger partial charge in [0.15, 0.2) is 0 Å². The molecule has 0 N–H and O–H groups in total. The third-order valence-electron chi connectivity index (χ3n) is 1.04. The Morgan fingerprint density at radius 1 is 1.09 bits per heavy atom. The van der Waals surface area contributed by atoms with Crippen LogP contribution in [-0.2, 0) is 4.74 Å². The molecular weight excluding hydrogens is 225 g/mol. The number of halogens is 4. The van der Waals surface area contributed by atoms with Crippen LogP contribution in [0.5, 0.6) is 0 Å². The van der Waals surface area contributed by atoms with Crippen molar-refractivity contribution in [1.29, 1.82) is 0 Å². The number of alkyl halides is 4. The van der Waals surface area contributed by atoms with Crippen molar-refractivity contribution >= 4 is 15.9 Å². The third-order valence-corrected chi connectivity index (χ3v) is 1.60. The summed E-state index contributed by atoms with van der Waals surface area (Å²) in [6.07, 6.45) is -2.35. The van der Waals surface area contributed by atoms with Gasteiger partial charge in [-0.15, -0.1) is 13.2 Å². The minimum Gasteiger partial charge on any atom is -0.292 e. The Kier molecular flexibility index (Phi) is 5.95. The highest BCUT2D eigenvalue weighted by molar-refractivity contribution is 9.09. The second-order valence-electron chi connectivity index (χ2n) is 2.04. The van der Waals surface area contributed by atoms with Crippen molar-refractivity contribution in [3.63, 3.8) is 0 Å². The van der Waals surface area contributed by atoms with E-state index in [-0.39, 0.29) is 6.61 Å². The SMILES string of the molecule is FC(F)(F)OCCCCCBr. The molecule has 1 nitrogen and oxygen atoms in total. The first-order chi connectivity index (χ1) is 5.06. The summed E-state index contributed by atoms with van der Waals surface area (Å²) in [5, 5.41) is 0.832. The molecule has 68 valence electrons. The van der Waals surface area contributed by atoms with E-state index >= 15 is 0 Å². The molecule has 0 spiro atoms. The average Bonchev–Trinajstić information content (AvgIpc) is 1.85. The van der Waals surface area contributed by atoms with Gasteiger partial charge in [0.25, 0.3) is 0 Å². The van der Waals surface area contributed by atoms with Gasteiger partial charge in [-0.1, -0.05) is 22.4 Å². The smallest absolute Gasteiger partial charge is 0.292 e. The van der Waals surface area contributed by atoms with E-state index in [1.54, 1.807) is 0 Å². The van der Waals surface area contributed by atoms with E-state index in [9.17, 15) is 13.2 Å². The summed E-state index contributed by atoms with van der Waals surface area (Å²) in [6.45, 7) is -0.226. The first kappa shape index (κ1) is 11.2. The minimum absolute atomic E-state index is 0.226. The van der Waals surface area contributed by atoms with E-state index in [2.05, 4.69) is 20.7 Å². The highest BCUT2D eigenvalue weighted by Gasteiger charge is 2.28. The molecule has 0 heterocycles. The lowest BCUT2D eigenvalue weighted by molar-refractivity contribution is -0.324. The number of ether oxygens (including phenoxy) is 1. The molecule has 0 atom stereocenters. The Bertz CT molecular complexity index is 94.3. The topological polar surface area (TPSA) is 9.23 Å². The maximum absolute atomic E-state index is 11.3. The first-order valence-corrected chi connectivity index (χ1v) is 4.45. The van der Waals surface area contributed by atoms with Crippen LogP contribution >= 0.6 is 15.9 Å². The van der Waals surface area contributed by atoms with Crippen molar-refractivity contribution in [2.75, 3.05) is 11.9 Å². The van der Waals surface area contributed by atoms with Crippen LogP contribution in [0, 0.1) is 0 Å². The van der Waals surface area contributed by atoms with Crippen molar-refractivity contribution < 1.29 is 17.9 Å². The second-order valence-corrected chi connectivity index (χ2v) is 2.84. The maximum Gasteiger partial charge on any atom is 0.522 e. The minimum atomic E-state index is -4.46. The summed E-state index contributed by atoms with van der Waals surface area (Å²) in [4.78, 5) is 0. The molecule has 0 saturated heterocycles. The van der Waals surface area contributed by atoms with Gasteiger partial charge in [-0.2, -0.15) is 0 Å². The fourth-order valence-electron chi connectivity index (χ4n) is 0.561. The first-order valence-electron chi connectivity index (χ1n) is 3.33. The molecule has 0 aliphatic carbocycles. The molecular formula is C6H10BrF3O. The number of hydrogen-bond donors (Lipinski definition) is 0. The van der Waals surface area contributed by atoms with Gasteiger partial charge in [-0.05, 0) is 12.8 Å². The molecule has 0 radical (unpaired) electrons. The van der Waals surface area contributed by atoms with Gasteiger partial charge in [0, 0.05) is 5.33 Å². The molecule has 0 unspecified atom stereocenters. The number of unbranched alkanes of at least 4 members (excludes halogenated alkanes) is 2. The Balaban J connectivity index is 3.02. The Morgan fingerprint density at radius 3 is 2.18 bits per heavy atom. The van der Waals surface area contributed by atoms with Crippen LogP contribution in [0.25, 0.3) is 0 Å². The highest BCUT2D eigenvalue weighted by atomic mass is 79.9. The molecule has 0 aliphatic heterocycles. The predicted molar refractivity (Wildman–Crippen MR) is 39.7 cm³/mol. The van der Waals surface area contributed by atoms with Crippen LogP contribution in [0.4, 0.5) is 13.2 Å². The molecule has 0 aromatic rings. The molecule has 0 amide bonds. The zero-order chi connectivity index (χ0) is 8.74. The van der Waals surface area contributed by atoms with Gasteiger partial charge < -0.3 is 0 Å². The molecule has 0 aromatic carbocycles. The Morgan fingerprint density at radius 2 is 1.73 bits per heavy atom. The van der Waals surface area contributed by atoms with Gasteiger partial charge in [0.05, 0.1) is 6.61 Å². The zero-order valence-electron chi connectivity index (χ0n) is 5.96. The summed E-state index contributed by atoms with van der Waals surface area (Å²) >= 11 is 3.18. The largest absolute Gasteiger partial charge is 0.522 e. The fraction of sp³-hybridized carbons (Fsp3) is 1.00. The van der Waals surface area contributed by atoms with E-state index < -0.39 is 6.36 Å². The molecule has 0 fully saturated rings. The van der Waals surface area contributed by atoms with Crippen LogP contribution in [0.15, 0.2) is 0 Å². The van der Waals surface area contributed by atoms with E-state index in [0.717, 1.165) is 18.2 Å². The lowest BCUT2D eigenvalue weighted by Crippen LogP contribution is -2.13. The van der Waals surface area contributed by atoms with Crippen LogP contribution in [0.2, 0.25) is 0 Å². The highest BCUT2D eigenvalue weighted by Crippen LogP contribution is 2.16. The molecule has 5 heteroatoms. The third kappa shape index (κ3) is 10.2. The number of rotatable bonds is 5. The van der Waals surface area contributed by atoms with E-state index in [4.69, 9.17) is 0 Å².